The van der Waals surface area contributed by atoms with Crippen molar-refractivity contribution in [3.63, 3.8) is 0 Å². The fourth-order valence-electron chi connectivity index (χ4n) is 4.88. The second-order valence-electron chi connectivity index (χ2n) is 8.27. The highest BCUT2D eigenvalue weighted by Crippen LogP contribution is 2.41. The SMILES string of the molecule is CN=C(NCC1(c2ccc(Br)cc2)CCCC1)N1CCC(c2cnn(C)c2)C1. The minimum Gasteiger partial charge on any atom is -0.355 e. The van der Waals surface area contributed by atoms with Gasteiger partial charge in [0.05, 0.1) is 6.20 Å². The van der Waals surface area contributed by atoms with Crippen molar-refractivity contribution >= 4 is 21.9 Å². The average Bonchev–Trinajstić information content (AvgIpc) is 3.44. The molecule has 1 aliphatic carbocycles. The molecule has 2 aliphatic rings. The van der Waals surface area contributed by atoms with Crippen LogP contribution in [0.1, 0.15) is 49.1 Å². The van der Waals surface area contributed by atoms with Crippen LogP contribution >= 0.6 is 15.9 Å². The van der Waals surface area contributed by atoms with Gasteiger partial charge in [0.25, 0.3) is 0 Å². The molecule has 5 nitrogen and oxygen atoms in total. The highest BCUT2D eigenvalue weighted by molar-refractivity contribution is 9.10. The molecule has 1 saturated carbocycles. The summed E-state index contributed by atoms with van der Waals surface area (Å²) in [7, 11) is 3.89. The number of aromatic nitrogens is 2. The van der Waals surface area contributed by atoms with Crippen molar-refractivity contribution in [2.75, 3.05) is 26.7 Å². The molecule has 1 atom stereocenters. The van der Waals surface area contributed by atoms with E-state index < -0.39 is 0 Å². The Hall–Kier alpha value is -1.82. The van der Waals surface area contributed by atoms with Crippen molar-refractivity contribution in [3.8, 4) is 0 Å². The lowest BCUT2D eigenvalue weighted by Crippen LogP contribution is -2.46. The van der Waals surface area contributed by atoms with Gasteiger partial charge in [-0.25, -0.2) is 0 Å². The summed E-state index contributed by atoms with van der Waals surface area (Å²) in [5.41, 5.74) is 3.01. The number of likely N-dealkylation sites (tertiary alicyclic amines) is 1. The van der Waals surface area contributed by atoms with E-state index in [0.717, 1.165) is 36.5 Å². The van der Waals surface area contributed by atoms with Crippen LogP contribution in [0.25, 0.3) is 0 Å². The van der Waals surface area contributed by atoms with Crippen LogP contribution in [0.3, 0.4) is 0 Å². The van der Waals surface area contributed by atoms with Crippen LogP contribution in [0.15, 0.2) is 46.1 Å². The molecular formula is C22H30BrN5. The molecule has 150 valence electrons. The molecule has 1 aromatic heterocycles. The van der Waals surface area contributed by atoms with E-state index in [-0.39, 0.29) is 5.41 Å². The maximum Gasteiger partial charge on any atom is 0.193 e. The molecule has 2 aromatic rings. The zero-order chi connectivity index (χ0) is 19.6. The second-order valence-corrected chi connectivity index (χ2v) is 9.19. The van der Waals surface area contributed by atoms with E-state index in [2.05, 4.69) is 66.7 Å². The Morgan fingerprint density at radius 3 is 2.68 bits per heavy atom. The molecule has 1 unspecified atom stereocenters. The first-order chi connectivity index (χ1) is 13.6. The predicted molar refractivity (Wildman–Crippen MR) is 118 cm³/mol. The summed E-state index contributed by atoms with van der Waals surface area (Å²) in [6, 6.07) is 8.91. The summed E-state index contributed by atoms with van der Waals surface area (Å²) >= 11 is 3.57. The zero-order valence-corrected chi connectivity index (χ0v) is 18.5. The highest BCUT2D eigenvalue weighted by atomic mass is 79.9. The first-order valence-electron chi connectivity index (χ1n) is 10.3. The third-order valence-corrected chi connectivity index (χ3v) is 7.03. The van der Waals surface area contributed by atoms with Crippen molar-refractivity contribution in [2.45, 2.75) is 43.4 Å². The molecule has 1 N–H and O–H groups in total. The first kappa shape index (κ1) is 19.5. The maximum absolute atomic E-state index is 4.61. The van der Waals surface area contributed by atoms with Crippen molar-refractivity contribution in [2.24, 2.45) is 12.0 Å². The standard InChI is InChI=1S/C22H30BrN5/c1-24-21(28-12-9-17(15-28)18-13-26-27(2)14-18)25-16-22(10-3-4-11-22)19-5-7-20(23)8-6-19/h5-8,13-14,17H,3-4,9-12,15-16H2,1-2H3,(H,24,25). The Kier molecular flexibility index (Phi) is 5.76. The van der Waals surface area contributed by atoms with E-state index in [0.29, 0.717) is 5.92 Å². The second kappa shape index (κ2) is 8.27. The number of benzene rings is 1. The van der Waals surface area contributed by atoms with Crippen molar-refractivity contribution in [1.82, 2.24) is 20.0 Å². The fraction of sp³-hybridized carbons (Fsp3) is 0.545. The van der Waals surface area contributed by atoms with E-state index in [9.17, 15) is 0 Å². The van der Waals surface area contributed by atoms with E-state index in [4.69, 9.17) is 0 Å². The number of nitrogens with one attached hydrogen (secondary N) is 1. The lowest BCUT2D eigenvalue weighted by Gasteiger charge is -2.32. The Bertz CT molecular complexity index is 820. The largest absolute Gasteiger partial charge is 0.355 e. The van der Waals surface area contributed by atoms with Gasteiger partial charge in [0.2, 0.25) is 0 Å². The van der Waals surface area contributed by atoms with Crippen LogP contribution in [0.2, 0.25) is 0 Å². The van der Waals surface area contributed by atoms with Gasteiger partial charge in [-0.15, -0.1) is 0 Å². The monoisotopic (exact) mass is 443 g/mol. The van der Waals surface area contributed by atoms with Gasteiger partial charge in [-0.2, -0.15) is 5.10 Å². The minimum atomic E-state index is 0.221. The molecule has 4 rings (SSSR count). The highest BCUT2D eigenvalue weighted by Gasteiger charge is 2.36. The van der Waals surface area contributed by atoms with Crippen LogP contribution < -0.4 is 5.32 Å². The molecule has 0 radical (unpaired) electrons. The maximum atomic E-state index is 4.61. The predicted octanol–water partition coefficient (Wildman–Crippen LogP) is 4.06. The van der Waals surface area contributed by atoms with Gasteiger partial charge in [-0.1, -0.05) is 40.9 Å². The van der Waals surface area contributed by atoms with Crippen LogP contribution in [-0.4, -0.2) is 47.3 Å². The topological polar surface area (TPSA) is 45.5 Å². The number of guanidine groups is 1. The van der Waals surface area contributed by atoms with Gasteiger partial charge < -0.3 is 10.2 Å². The average molecular weight is 444 g/mol. The Labute approximate surface area is 176 Å². The number of rotatable bonds is 4. The minimum absolute atomic E-state index is 0.221. The third kappa shape index (κ3) is 3.97. The van der Waals surface area contributed by atoms with Gasteiger partial charge in [0, 0.05) is 55.7 Å². The van der Waals surface area contributed by atoms with Crippen LogP contribution in [0.4, 0.5) is 0 Å². The fourth-order valence-corrected chi connectivity index (χ4v) is 5.14. The molecule has 1 aliphatic heterocycles. The summed E-state index contributed by atoms with van der Waals surface area (Å²) in [4.78, 5) is 7.01. The van der Waals surface area contributed by atoms with Crippen LogP contribution in [0.5, 0.6) is 0 Å². The van der Waals surface area contributed by atoms with E-state index in [1.54, 1.807) is 0 Å². The number of halogens is 1. The van der Waals surface area contributed by atoms with Gasteiger partial charge in [0.1, 0.15) is 0 Å². The van der Waals surface area contributed by atoms with E-state index >= 15 is 0 Å². The van der Waals surface area contributed by atoms with Crippen LogP contribution in [-0.2, 0) is 12.5 Å². The lowest BCUT2D eigenvalue weighted by molar-refractivity contribution is 0.412. The summed E-state index contributed by atoms with van der Waals surface area (Å²) in [6.45, 7) is 3.01. The van der Waals surface area contributed by atoms with E-state index in [1.165, 1.54) is 36.8 Å². The molecule has 2 fully saturated rings. The zero-order valence-electron chi connectivity index (χ0n) is 16.9. The lowest BCUT2D eigenvalue weighted by atomic mass is 9.79. The molecular weight excluding hydrogens is 414 g/mol. The Balaban J connectivity index is 1.43. The summed E-state index contributed by atoms with van der Waals surface area (Å²) in [5.74, 6) is 1.58. The molecule has 1 saturated heterocycles. The van der Waals surface area contributed by atoms with Gasteiger partial charge in [0.15, 0.2) is 5.96 Å². The number of aryl methyl sites for hydroxylation is 1. The molecule has 28 heavy (non-hydrogen) atoms. The van der Waals surface area contributed by atoms with Crippen molar-refractivity contribution in [1.29, 1.82) is 0 Å². The molecule has 0 bridgehead atoms. The number of hydrogen-bond donors (Lipinski definition) is 1. The van der Waals surface area contributed by atoms with Crippen molar-refractivity contribution < 1.29 is 0 Å². The van der Waals surface area contributed by atoms with Gasteiger partial charge in [-0.3, -0.25) is 9.67 Å². The van der Waals surface area contributed by atoms with Crippen LogP contribution in [0, 0.1) is 0 Å². The number of hydrogen-bond acceptors (Lipinski definition) is 2. The summed E-state index contributed by atoms with van der Waals surface area (Å²) in [5, 5.41) is 8.07. The van der Waals surface area contributed by atoms with Crippen molar-refractivity contribution in [3.05, 3.63) is 52.3 Å². The summed E-state index contributed by atoms with van der Waals surface area (Å²) in [6.07, 6.45) is 10.4. The number of aliphatic imine (C=N–C) groups is 1. The molecule has 6 heteroatoms. The molecule has 2 heterocycles. The van der Waals surface area contributed by atoms with Gasteiger partial charge in [-0.05, 0) is 42.5 Å². The molecule has 1 aromatic carbocycles. The normalized spacial score (nSPS) is 22.0. The molecule has 0 amide bonds. The summed E-state index contributed by atoms with van der Waals surface area (Å²) < 4.78 is 3.04. The molecule has 0 spiro atoms. The quantitative estimate of drug-likeness (QED) is 0.572. The number of nitrogens with zero attached hydrogens (tertiary/aromatic N) is 4. The Morgan fingerprint density at radius 1 is 1.29 bits per heavy atom. The smallest absolute Gasteiger partial charge is 0.193 e. The van der Waals surface area contributed by atoms with Gasteiger partial charge >= 0.3 is 0 Å². The van der Waals surface area contributed by atoms with E-state index in [1.807, 2.05) is 25.0 Å². The first-order valence-corrected chi connectivity index (χ1v) is 11.1. The Morgan fingerprint density at radius 2 is 2.04 bits per heavy atom. The third-order valence-electron chi connectivity index (χ3n) is 6.50.